The van der Waals surface area contributed by atoms with Gasteiger partial charge in [0.2, 0.25) is 15.9 Å². The van der Waals surface area contributed by atoms with Crippen LogP contribution >= 0.6 is 0 Å². The zero-order chi connectivity index (χ0) is 69.8. The average molecular weight is 1480 g/mol. The van der Waals surface area contributed by atoms with E-state index in [1.165, 1.54) is 133 Å². The van der Waals surface area contributed by atoms with Gasteiger partial charge in [-0.25, -0.2) is 17.9 Å². The molecule has 0 atom stereocenters. The Morgan fingerprint density at radius 1 is 0.615 bits per heavy atom. The minimum absolute atomic E-state index is 0. The molecule has 0 radical (unpaired) electrons. The Morgan fingerprint density at radius 2 is 1.01 bits per heavy atom. The molecule has 4 rings (SSSR count). The molecule has 0 aliphatic rings. The first-order valence-corrected chi connectivity index (χ1v) is 38.2. The van der Waals surface area contributed by atoms with Crippen LogP contribution in [0.4, 0.5) is 5.69 Å². The third-order valence-corrected chi connectivity index (χ3v) is 19.9. The van der Waals surface area contributed by atoms with Crippen LogP contribution < -0.4 is 49.3 Å². The number of halogens is 2. The molecule has 0 aromatic heterocycles. The van der Waals surface area contributed by atoms with Gasteiger partial charge >= 0.3 is 5.97 Å². The van der Waals surface area contributed by atoms with Crippen LogP contribution in [-0.4, -0.2) is 111 Å². The number of unbranched alkanes of at least 4 members (excludes halogenated alkanes) is 18. The summed E-state index contributed by atoms with van der Waals surface area (Å²) in [5.41, 5.74) is 17.7. The number of carbonyl (C=O) groups excluding carboxylic acids is 2. The van der Waals surface area contributed by atoms with E-state index >= 15 is 0 Å². The van der Waals surface area contributed by atoms with Crippen molar-refractivity contribution in [3.05, 3.63) is 130 Å². The monoisotopic (exact) mass is 1470 g/mol. The van der Waals surface area contributed by atoms with Crippen LogP contribution in [0, 0.1) is 74.1 Å². The van der Waals surface area contributed by atoms with Crippen LogP contribution in [-0.2, 0) is 43.7 Å². The predicted octanol–water partition coefficient (Wildman–Crippen LogP) is 10.1. The molecule has 0 spiro atoms. The Labute approximate surface area is 603 Å². The number of hydrogen-bond acceptors (Lipinski definition) is 8. The highest BCUT2D eigenvalue weighted by atomic mass is 79.9. The number of azide groups is 1. The lowest BCUT2D eigenvalue weighted by atomic mass is 10.1. The SMILES string of the molecule is C#CC[N+](CC#C)(CC#C)Cc1ccc(C(=O)OCCCCCCCCCCCC)cc1.C#CC[N+](CC#C)(CC#C)Cc1ccc(CO[Si](C)(C)CCCCCCCCCCCC)cc1.C=CC(N)=O.CN(C)c1cccc2c(S(=O)(=O)NCCCN=[N+]=[N-])cccc12.[Br-].[Br-]. The Kier molecular flexibility index (Phi) is 52.6. The van der Waals surface area contributed by atoms with E-state index in [1.807, 2.05) is 49.3 Å². The van der Waals surface area contributed by atoms with Gasteiger partial charge in [-0.05, 0) is 109 Å². The first-order chi connectivity index (χ1) is 45.2. The van der Waals surface area contributed by atoms with Crippen molar-refractivity contribution in [2.75, 3.05) is 78.0 Å². The maximum atomic E-state index is 12.5. The fourth-order valence-corrected chi connectivity index (χ4v) is 13.8. The zero-order valence-corrected chi connectivity index (χ0v) is 63.7. The van der Waals surface area contributed by atoms with E-state index in [9.17, 15) is 18.0 Å². The third kappa shape index (κ3) is 40.1. The molecule has 0 heterocycles. The smallest absolute Gasteiger partial charge is 0.338 e. The lowest BCUT2D eigenvalue weighted by molar-refractivity contribution is -0.921. The summed E-state index contributed by atoms with van der Waals surface area (Å²) >= 11 is 0. The molecule has 524 valence electrons. The van der Waals surface area contributed by atoms with Gasteiger partial charge in [0, 0.05) is 59.7 Å². The van der Waals surface area contributed by atoms with Gasteiger partial charge in [-0.2, -0.15) is 0 Å². The Bertz CT molecular complexity index is 3180. The van der Waals surface area contributed by atoms with Gasteiger partial charge in [0.05, 0.1) is 23.7 Å². The van der Waals surface area contributed by atoms with E-state index in [2.05, 4.69) is 114 Å². The molecule has 96 heavy (non-hydrogen) atoms. The molecule has 3 N–H and O–H groups in total. The molecule has 0 fully saturated rings. The fraction of sp³-hybridized carbons (Fsp3) is 0.513. The Morgan fingerprint density at radius 3 is 1.43 bits per heavy atom. The Hall–Kier alpha value is -6.74. The number of sulfonamides is 1. The van der Waals surface area contributed by atoms with Gasteiger partial charge in [0.15, 0.2) is 8.32 Å². The summed E-state index contributed by atoms with van der Waals surface area (Å²) in [7, 11) is -1.41. The molecule has 0 unspecified atom stereocenters. The van der Waals surface area contributed by atoms with Crippen molar-refractivity contribution in [2.45, 2.75) is 192 Å². The quantitative estimate of drug-likeness (QED) is 0.00510. The van der Waals surface area contributed by atoms with Crippen LogP contribution in [0.5, 0.6) is 0 Å². The normalized spacial score (nSPS) is 10.7. The molecular formula is C78H112Br2N8O6SSi. The number of ether oxygens (including phenoxy) is 1. The predicted molar refractivity (Wildman–Crippen MR) is 396 cm³/mol. The van der Waals surface area contributed by atoms with Gasteiger partial charge in [-0.15, -0.1) is 38.5 Å². The summed E-state index contributed by atoms with van der Waals surface area (Å²) in [5, 5.41) is 4.95. The fourth-order valence-electron chi connectivity index (χ4n) is 10.7. The molecule has 0 aliphatic carbocycles. The number of terminal acetylenes is 6. The number of fused-ring (bicyclic) bond motifs is 1. The van der Waals surface area contributed by atoms with Gasteiger partial charge < -0.3 is 53.8 Å². The minimum atomic E-state index is -3.62. The molecule has 0 aliphatic heterocycles. The first kappa shape index (κ1) is 91.3. The van der Waals surface area contributed by atoms with Gasteiger partial charge in [-0.3, -0.25) is 13.8 Å². The topological polar surface area (TPSA) is 177 Å². The first-order valence-electron chi connectivity index (χ1n) is 33.7. The van der Waals surface area contributed by atoms with Crippen molar-refractivity contribution in [1.82, 2.24) is 4.72 Å². The molecule has 18 heteroatoms. The molecule has 1 amide bonds. The summed E-state index contributed by atoms with van der Waals surface area (Å²) in [4.78, 5) is 26.6. The number of anilines is 1. The van der Waals surface area contributed by atoms with E-state index in [0.717, 1.165) is 42.1 Å². The number of rotatable bonds is 44. The van der Waals surface area contributed by atoms with Crippen molar-refractivity contribution < 1.29 is 70.1 Å². The van der Waals surface area contributed by atoms with Crippen molar-refractivity contribution in [1.29, 1.82) is 0 Å². The highest BCUT2D eigenvalue weighted by molar-refractivity contribution is 7.89. The lowest BCUT2D eigenvalue weighted by Gasteiger charge is -2.33. The van der Waals surface area contributed by atoms with Crippen LogP contribution in [0.15, 0.2) is 108 Å². The van der Waals surface area contributed by atoms with Gasteiger partial charge in [0.25, 0.3) is 0 Å². The number of nitrogens with two attached hydrogens (primary N) is 1. The molecule has 0 bridgehead atoms. The molecular weight excluding hydrogens is 1360 g/mol. The van der Waals surface area contributed by atoms with E-state index in [0.29, 0.717) is 85.4 Å². The average Bonchev–Trinajstić information content (AvgIpc) is 0.787. The van der Waals surface area contributed by atoms with Crippen molar-refractivity contribution in [2.24, 2.45) is 10.8 Å². The van der Waals surface area contributed by atoms with E-state index in [-0.39, 0.29) is 57.9 Å². The molecule has 14 nitrogen and oxygen atoms in total. The lowest BCUT2D eigenvalue weighted by Crippen LogP contribution is -3.00. The summed E-state index contributed by atoms with van der Waals surface area (Å²) in [6.45, 7) is 18.4. The molecule has 4 aromatic carbocycles. The van der Waals surface area contributed by atoms with Crippen molar-refractivity contribution >= 4 is 46.7 Å². The second-order valence-corrected chi connectivity index (χ2v) is 30.9. The number of nitrogens with one attached hydrogen (secondary N) is 1. The highest BCUT2D eigenvalue weighted by Crippen LogP contribution is 2.30. The van der Waals surface area contributed by atoms with E-state index in [4.69, 9.17) is 53.2 Å². The number of quaternary nitrogens is 2. The summed E-state index contributed by atoms with van der Waals surface area (Å²) in [6, 6.07) is 28.2. The standard InChI is InChI=1S/C31H48NOSi.C29H40NO2.C15H19N5O2S.C3H5NO.2BrH/c1-7-11-12-13-14-15-16-17-18-19-27-34(5,6)33-29-31-22-20-30(21-23-31)28-32(24-8-2,25-9-3)26-10-4;1-5-9-10-11-12-13-14-15-16-17-25-32-29(31)28-20-18-27(19-21-28)26-30(22-6-2,23-7-3)24-8-4;1-20(2)14-8-3-7-13-12(14)6-4-9-15(13)23(21,22)18-11-5-10-17-19-16;1-2-3(4)5;;/h2-4,20-23H,7,11-19,24-29H2,1,5-6H3;2-4,18-21H,5,9-17,22-26H2,1H3;3-4,6-9,18H,5,10-11H2,1-2H3;2H,1H2,(H2,4,5);2*1H/q2*+1;;;;/p-2. The summed E-state index contributed by atoms with van der Waals surface area (Å²) in [5.74, 6) is 15.6. The number of benzene rings is 4. The number of esters is 1. The van der Waals surface area contributed by atoms with E-state index in [1.54, 1.807) is 30.3 Å². The van der Waals surface area contributed by atoms with Crippen LogP contribution in [0.25, 0.3) is 21.2 Å². The zero-order valence-electron chi connectivity index (χ0n) is 58.7. The van der Waals surface area contributed by atoms with Gasteiger partial charge in [-0.1, -0.05) is 208 Å². The maximum Gasteiger partial charge on any atom is 0.338 e. The minimum Gasteiger partial charge on any atom is -1.00 e. The van der Waals surface area contributed by atoms with Crippen LogP contribution in [0.3, 0.4) is 0 Å². The number of hydrogen-bond donors (Lipinski definition) is 2. The molecule has 0 saturated heterocycles. The highest BCUT2D eigenvalue weighted by Gasteiger charge is 2.27. The second-order valence-electron chi connectivity index (χ2n) is 24.8. The summed E-state index contributed by atoms with van der Waals surface area (Å²) in [6.07, 6.45) is 61.3. The number of nitrogens with zero attached hydrogens (tertiary/aromatic N) is 6. The number of amides is 1. The van der Waals surface area contributed by atoms with Crippen LogP contribution in [0.1, 0.15) is 176 Å². The number of carbonyl (C=O) groups is 2. The Balaban J connectivity index is 0. The largest absolute Gasteiger partial charge is 1.00 e. The van der Waals surface area contributed by atoms with Gasteiger partial charge in [0.1, 0.15) is 52.4 Å². The van der Waals surface area contributed by atoms with E-state index < -0.39 is 24.2 Å². The number of primary amides is 1. The van der Waals surface area contributed by atoms with Crippen molar-refractivity contribution in [3.8, 4) is 74.1 Å². The summed E-state index contributed by atoms with van der Waals surface area (Å²) < 4.78 is 40.4. The second kappa shape index (κ2) is 55.3. The molecule has 0 saturated carbocycles. The van der Waals surface area contributed by atoms with Crippen molar-refractivity contribution in [3.63, 3.8) is 0 Å². The molecule has 4 aromatic rings. The van der Waals surface area contributed by atoms with Crippen LogP contribution in [0.2, 0.25) is 19.1 Å². The maximum absolute atomic E-state index is 12.5. The third-order valence-electron chi connectivity index (χ3n) is 15.9.